The lowest BCUT2D eigenvalue weighted by Crippen LogP contribution is -2.53. The van der Waals surface area contributed by atoms with Gasteiger partial charge in [-0.05, 0) is 44.2 Å². The Morgan fingerprint density at radius 2 is 2.14 bits per heavy atom. The number of fused-ring (bicyclic) bond motifs is 1. The van der Waals surface area contributed by atoms with Crippen molar-refractivity contribution in [2.24, 2.45) is 4.99 Å². The maximum Gasteiger partial charge on any atom is 0.194 e. The minimum Gasteiger partial charge on any atom is -0.375 e. The molecule has 6 heteroatoms. The first-order chi connectivity index (χ1) is 13.8. The number of aryl methyl sites for hydroxylation is 1. The molecule has 1 aromatic carbocycles. The second-order valence-corrected chi connectivity index (χ2v) is 7.61. The molecule has 152 valence electrons. The molecule has 0 amide bonds. The third-order valence-electron chi connectivity index (χ3n) is 5.65. The summed E-state index contributed by atoms with van der Waals surface area (Å²) in [6.45, 7) is 7.18. The minimum atomic E-state index is 0.159. The van der Waals surface area contributed by atoms with Gasteiger partial charge in [-0.3, -0.25) is 4.99 Å². The maximum absolute atomic E-state index is 5.98. The summed E-state index contributed by atoms with van der Waals surface area (Å²) in [6.07, 6.45) is 6.86. The molecule has 2 fully saturated rings. The molecule has 0 spiro atoms. The molecule has 2 saturated heterocycles. The van der Waals surface area contributed by atoms with Crippen LogP contribution in [-0.2, 0) is 15.9 Å². The molecule has 0 saturated carbocycles. The van der Waals surface area contributed by atoms with Crippen LogP contribution in [0.2, 0.25) is 0 Å². The van der Waals surface area contributed by atoms with Gasteiger partial charge in [-0.1, -0.05) is 18.2 Å². The van der Waals surface area contributed by atoms with Crippen molar-refractivity contribution < 1.29 is 9.47 Å². The Labute approximate surface area is 167 Å². The average Bonchev–Trinajstić information content (AvgIpc) is 3.41. The number of H-pyrrole nitrogens is 1. The predicted octanol–water partition coefficient (Wildman–Crippen LogP) is 2.95. The molecule has 2 aromatic rings. The zero-order valence-electron chi connectivity index (χ0n) is 16.8. The van der Waals surface area contributed by atoms with Gasteiger partial charge in [-0.2, -0.15) is 0 Å². The number of hydrogen-bond donors (Lipinski definition) is 2. The third-order valence-corrected chi connectivity index (χ3v) is 5.65. The van der Waals surface area contributed by atoms with Crippen molar-refractivity contribution in [1.29, 1.82) is 0 Å². The first-order valence-electron chi connectivity index (χ1n) is 10.7. The number of para-hydroxylation sites is 1. The van der Waals surface area contributed by atoms with Crippen LogP contribution in [0, 0.1) is 0 Å². The molecule has 6 nitrogen and oxygen atoms in total. The fraction of sp³-hybridized carbons (Fsp3) is 0.591. The topological polar surface area (TPSA) is 61.9 Å². The molecule has 2 N–H and O–H groups in total. The summed E-state index contributed by atoms with van der Waals surface area (Å²) in [7, 11) is 0. The van der Waals surface area contributed by atoms with Crippen LogP contribution >= 0.6 is 0 Å². The van der Waals surface area contributed by atoms with E-state index in [0.717, 1.165) is 71.0 Å². The lowest BCUT2D eigenvalue weighted by atomic mass is 10.1. The van der Waals surface area contributed by atoms with E-state index < -0.39 is 0 Å². The van der Waals surface area contributed by atoms with Crippen LogP contribution in [0.3, 0.4) is 0 Å². The number of aromatic nitrogens is 1. The number of guanidine groups is 1. The summed E-state index contributed by atoms with van der Waals surface area (Å²) in [5.74, 6) is 1.01. The zero-order chi connectivity index (χ0) is 19.2. The van der Waals surface area contributed by atoms with Gasteiger partial charge >= 0.3 is 0 Å². The van der Waals surface area contributed by atoms with Crippen molar-refractivity contribution in [2.75, 3.05) is 39.4 Å². The first-order valence-corrected chi connectivity index (χ1v) is 10.7. The summed E-state index contributed by atoms with van der Waals surface area (Å²) < 4.78 is 11.8. The van der Waals surface area contributed by atoms with Crippen molar-refractivity contribution in [3.8, 4) is 0 Å². The Kier molecular flexibility index (Phi) is 6.49. The van der Waals surface area contributed by atoms with Gasteiger partial charge in [-0.15, -0.1) is 0 Å². The lowest BCUT2D eigenvalue weighted by Gasteiger charge is -2.37. The summed E-state index contributed by atoms with van der Waals surface area (Å²) >= 11 is 0. The minimum absolute atomic E-state index is 0.159. The van der Waals surface area contributed by atoms with Crippen LogP contribution < -0.4 is 5.32 Å². The van der Waals surface area contributed by atoms with E-state index in [1.165, 1.54) is 16.5 Å². The van der Waals surface area contributed by atoms with Crippen molar-refractivity contribution in [3.63, 3.8) is 0 Å². The Balaban J connectivity index is 1.33. The van der Waals surface area contributed by atoms with Gasteiger partial charge in [0.05, 0.1) is 12.7 Å². The van der Waals surface area contributed by atoms with Crippen LogP contribution in [0.1, 0.15) is 31.7 Å². The number of aliphatic imine (C=N–C) groups is 1. The molecule has 3 heterocycles. The van der Waals surface area contributed by atoms with Gasteiger partial charge in [0.1, 0.15) is 6.10 Å². The largest absolute Gasteiger partial charge is 0.375 e. The molecular weight excluding hydrogens is 352 g/mol. The Morgan fingerprint density at radius 3 is 3.00 bits per heavy atom. The van der Waals surface area contributed by atoms with Crippen molar-refractivity contribution in [3.05, 3.63) is 36.0 Å². The van der Waals surface area contributed by atoms with E-state index in [2.05, 4.69) is 52.6 Å². The zero-order valence-corrected chi connectivity index (χ0v) is 16.8. The van der Waals surface area contributed by atoms with E-state index in [0.29, 0.717) is 0 Å². The molecule has 28 heavy (non-hydrogen) atoms. The standard InChI is InChI=1S/C22H32N4O2/c1-2-23-22(26-12-14-28-21(16-26)20-10-6-13-27-20)24-11-5-7-17-15-25-19-9-4-3-8-18(17)19/h3-4,8-9,15,20-21,25H,2,5-7,10-14,16H2,1H3,(H,23,24). The second kappa shape index (κ2) is 9.43. The van der Waals surface area contributed by atoms with Crippen LogP contribution in [0.25, 0.3) is 10.9 Å². The van der Waals surface area contributed by atoms with Gasteiger partial charge in [-0.25, -0.2) is 0 Å². The van der Waals surface area contributed by atoms with Gasteiger partial charge in [0.2, 0.25) is 0 Å². The number of nitrogens with zero attached hydrogens (tertiary/aromatic N) is 2. The molecule has 0 radical (unpaired) electrons. The summed E-state index contributed by atoms with van der Waals surface area (Å²) in [6, 6.07) is 8.49. The maximum atomic E-state index is 5.98. The number of morpholine rings is 1. The van der Waals surface area contributed by atoms with E-state index in [1.807, 2.05) is 0 Å². The van der Waals surface area contributed by atoms with Crippen LogP contribution in [0.4, 0.5) is 0 Å². The normalized spacial score (nSPS) is 23.5. The van der Waals surface area contributed by atoms with E-state index in [9.17, 15) is 0 Å². The fourth-order valence-electron chi connectivity index (χ4n) is 4.21. The van der Waals surface area contributed by atoms with E-state index >= 15 is 0 Å². The van der Waals surface area contributed by atoms with Crippen molar-refractivity contribution >= 4 is 16.9 Å². The van der Waals surface area contributed by atoms with Gasteiger partial charge in [0.15, 0.2) is 5.96 Å². The molecule has 2 atom stereocenters. The lowest BCUT2D eigenvalue weighted by molar-refractivity contribution is -0.0817. The van der Waals surface area contributed by atoms with Crippen molar-refractivity contribution in [2.45, 2.75) is 44.8 Å². The number of rotatable bonds is 6. The SMILES string of the molecule is CCNC(=NCCCc1c[nH]c2ccccc12)N1CCOC(C2CCCO2)C1. The summed E-state index contributed by atoms with van der Waals surface area (Å²) in [4.78, 5) is 10.6. The number of benzene rings is 1. The fourth-order valence-corrected chi connectivity index (χ4v) is 4.21. The second-order valence-electron chi connectivity index (χ2n) is 7.61. The summed E-state index contributed by atoms with van der Waals surface area (Å²) in [5.41, 5.74) is 2.59. The van der Waals surface area contributed by atoms with E-state index in [1.54, 1.807) is 0 Å². The summed E-state index contributed by atoms with van der Waals surface area (Å²) in [5, 5.41) is 4.79. The highest BCUT2D eigenvalue weighted by Crippen LogP contribution is 2.21. The molecule has 2 aliphatic rings. The van der Waals surface area contributed by atoms with Crippen LogP contribution in [-0.4, -0.2) is 67.4 Å². The monoisotopic (exact) mass is 384 g/mol. The Morgan fingerprint density at radius 1 is 1.25 bits per heavy atom. The Hall–Kier alpha value is -2.05. The van der Waals surface area contributed by atoms with Crippen LogP contribution in [0.5, 0.6) is 0 Å². The molecule has 1 aromatic heterocycles. The smallest absolute Gasteiger partial charge is 0.194 e. The van der Waals surface area contributed by atoms with Crippen molar-refractivity contribution in [1.82, 2.24) is 15.2 Å². The molecule has 0 aliphatic carbocycles. The van der Waals surface area contributed by atoms with Gasteiger partial charge in [0, 0.05) is 49.9 Å². The third kappa shape index (κ3) is 4.50. The number of aromatic amines is 1. The average molecular weight is 385 g/mol. The molecular formula is C22H32N4O2. The van der Waals surface area contributed by atoms with E-state index in [-0.39, 0.29) is 12.2 Å². The number of nitrogens with one attached hydrogen (secondary N) is 2. The quantitative estimate of drug-likeness (QED) is 0.457. The highest BCUT2D eigenvalue weighted by molar-refractivity contribution is 5.83. The Bertz CT molecular complexity index is 782. The van der Waals surface area contributed by atoms with Crippen LogP contribution in [0.15, 0.2) is 35.5 Å². The van der Waals surface area contributed by atoms with E-state index in [4.69, 9.17) is 14.5 Å². The first kappa shape index (κ1) is 19.3. The predicted molar refractivity (Wildman–Crippen MR) is 113 cm³/mol. The van der Waals surface area contributed by atoms with Gasteiger partial charge in [0.25, 0.3) is 0 Å². The number of ether oxygens (including phenoxy) is 2. The molecule has 2 aliphatic heterocycles. The highest BCUT2D eigenvalue weighted by Gasteiger charge is 2.32. The molecule has 0 bridgehead atoms. The molecule has 4 rings (SSSR count). The number of hydrogen-bond acceptors (Lipinski definition) is 3. The highest BCUT2D eigenvalue weighted by atomic mass is 16.5. The molecule has 2 unspecified atom stereocenters. The van der Waals surface area contributed by atoms with Gasteiger partial charge < -0.3 is 24.7 Å².